The number of ether oxygens (including phenoxy) is 2. The fourth-order valence-electron chi connectivity index (χ4n) is 3.55. The molecule has 2 aliphatic heterocycles. The number of rotatable bonds is 5. The molecule has 5 nitrogen and oxygen atoms in total. The summed E-state index contributed by atoms with van der Waals surface area (Å²) in [6.45, 7) is 5.30. The molecule has 0 spiro atoms. The SMILES string of the molecule is S=C(NCCCN1CCc2ccccc2C1)Nc1ccc2c(c1)OCCO2. The molecule has 2 N–H and O–H groups in total. The van der Waals surface area contributed by atoms with E-state index in [9.17, 15) is 0 Å². The molecule has 27 heavy (non-hydrogen) atoms. The normalized spacial score (nSPS) is 15.7. The highest BCUT2D eigenvalue weighted by Crippen LogP contribution is 2.32. The molecular formula is C21H25N3O2S. The fourth-order valence-corrected chi connectivity index (χ4v) is 3.77. The Bertz CT molecular complexity index is 812. The highest BCUT2D eigenvalue weighted by molar-refractivity contribution is 7.80. The predicted molar refractivity (Wildman–Crippen MR) is 112 cm³/mol. The summed E-state index contributed by atoms with van der Waals surface area (Å²) in [6.07, 6.45) is 2.21. The van der Waals surface area contributed by atoms with Crippen LogP contribution in [0.4, 0.5) is 5.69 Å². The molecule has 0 radical (unpaired) electrons. The van der Waals surface area contributed by atoms with Crippen LogP contribution in [0, 0.1) is 0 Å². The van der Waals surface area contributed by atoms with Gasteiger partial charge in [-0.3, -0.25) is 4.90 Å². The van der Waals surface area contributed by atoms with Crippen molar-refractivity contribution in [2.45, 2.75) is 19.4 Å². The average molecular weight is 384 g/mol. The Labute approximate surface area is 165 Å². The van der Waals surface area contributed by atoms with E-state index >= 15 is 0 Å². The van der Waals surface area contributed by atoms with Crippen LogP contribution in [0.5, 0.6) is 11.5 Å². The second-order valence-corrected chi connectivity index (χ2v) is 7.30. The van der Waals surface area contributed by atoms with E-state index < -0.39 is 0 Å². The van der Waals surface area contributed by atoms with E-state index in [4.69, 9.17) is 21.7 Å². The van der Waals surface area contributed by atoms with Crippen molar-refractivity contribution in [3.05, 3.63) is 53.6 Å². The maximum absolute atomic E-state index is 5.60. The Kier molecular flexibility index (Phi) is 5.75. The monoisotopic (exact) mass is 383 g/mol. The van der Waals surface area contributed by atoms with E-state index in [1.165, 1.54) is 11.1 Å². The molecule has 2 aliphatic rings. The molecule has 0 saturated heterocycles. The Morgan fingerprint density at radius 3 is 2.74 bits per heavy atom. The minimum Gasteiger partial charge on any atom is -0.486 e. The van der Waals surface area contributed by atoms with Gasteiger partial charge in [-0.1, -0.05) is 24.3 Å². The van der Waals surface area contributed by atoms with E-state index in [1.807, 2.05) is 18.2 Å². The van der Waals surface area contributed by atoms with Crippen LogP contribution in [0.25, 0.3) is 0 Å². The molecule has 0 aliphatic carbocycles. The van der Waals surface area contributed by atoms with Gasteiger partial charge in [0, 0.05) is 37.9 Å². The van der Waals surface area contributed by atoms with E-state index in [0.29, 0.717) is 18.3 Å². The van der Waals surface area contributed by atoms with Gasteiger partial charge in [0.15, 0.2) is 16.6 Å². The van der Waals surface area contributed by atoms with Gasteiger partial charge in [-0.25, -0.2) is 0 Å². The quantitative estimate of drug-likeness (QED) is 0.611. The summed E-state index contributed by atoms with van der Waals surface area (Å²) in [5.74, 6) is 1.55. The van der Waals surface area contributed by atoms with Crippen molar-refractivity contribution >= 4 is 23.0 Å². The molecule has 4 rings (SSSR count). The molecule has 6 heteroatoms. The number of hydrogen-bond donors (Lipinski definition) is 2. The third-order valence-electron chi connectivity index (χ3n) is 4.95. The lowest BCUT2D eigenvalue weighted by molar-refractivity contribution is 0.171. The van der Waals surface area contributed by atoms with Crippen molar-refractivity contribution in [1.29, 1.82) is 0 Å². The topological polar surface area (TPSA) is 45.8 Å². The Balaban J connectivity index is 1.18. The molecular weight excluding hydrogens is 358 g/mol. The van der Waals surface area contributed by atoms with Crippen LogP contribution in [-0.2, 0) is 13.0 Å². The number of thiocarbonyl (C=S) groups is 1. The molecule has 0 saturated carbocycles. The predicted octanol–water partition coefficient (Wildman–Crippen LogP) is 3.19. The highest BCUT2D eigenvalue weighted by Gasteiger charge is 2.15. The van der Waals surface area contributed by atoms with Crippen LogP contribution in [0.2, 0.25) is 0 Å². The van der Waals surface area contributed by atoms with Gasteiger partial charge < -0.3 is 20.1 Å². The zero-order valence-electron chi connectivity index (χ0n) is 15.4. The lowest BCUT2D eigenvalue weighted by atomic mass is 10.00. The Morgan fingerprint density at radius 1 is 1.04 bits per heavy atom. The van der Waals surface area contributed by atoms with Crippen molar-refractivity contribution in [3.63, 3.8) is 0 Å². The molecule has 2 aromatic carbocycles. The van der Waals surface area contributed by atoms with Gasteiger partial charge in [-0.15, -0.1) is 0 Å². The van der Waals surface area contributed by atoms with E-state index in [1.54, 1.807) is 0 Å². The first-order chi connectivity index (χ1) is 13.3. The van der Waals surface area contributed by atoms with Gasteiger partial charge in [0.05, 0.1) is 0 Å². The van der Waals surface area contributed by atoms with Gasteiger partial charge in [0.2, 0.25) is 0 Å². The van der Waals surface area contributed by atoms with E-state index in [0.717, 1.165) is 56.2 Å². The fraction of sp³-hybridized carbons (Fsp3) is 0.381. The van der Waals surface area contributed by atoms with Crippen LogP contribution in [-0.4, -0.2) is 42.9 Å². The summed E-state index contributed by atoms with van der Waals surface area (Å²) in [4.78, 5) is 2.52. The Hall–Kier alpha value is -2.31. The largest absolute Gasteiger partial charge is 0.486 e. The van der Waals surface area contributed by atoms with Crippen LogP contribution in [0.1, 0.15) is 17.5 Å². The first-order valence-electron chi connectivity index (χ1n) is 9.51. The zero-order valence-corrected chi connectivity index (χ0v) is 16.2. The minimum atomic E-state index is 0.583. The second kappa shape index (κ2) is 8.59. The number of nitrogens with zero attached hydrogens (tertiary/aromatic N) is 1. The van der Waals surface area contributed by atoms with Gasteiger partial charge in [0.1, 0.15) is 13.2 Å². The molecule has 0 amide bonds. The third kappa shape index (κ3) is 4.70. The van der Waals surface area contributed by atoms with Crippen molar-refractivity contribution < 1.29 is 9.47 Å². The van der Waals surface area contributed by atoms with Crippen LogP contribution in [0.3, 0.4) is 0 Å². The number of hydrogen-bond acceptors (Lipinski definition) is 4. The summed E-state index contributed by atoms with van der Waals surface area (Å²) < 4.78 is 11.1. The number of anilines is 1. The lowest BCUT2D eigenvalue weighted by Crippen LogP contribution is -2.34. The van der Waals surface area contributed by atoms with Crippen molar-refractivity contribution in [2.75, 3.05) is 38.2 Å². The summed E-state index contributed by atoms with van der Waals surface area (Å²) in [5.41, 5.74) is 3.87. The van der Waals surface area contributed by atoms with Crippen molar-refractivity contribution in [1.82, 2.24) is 10.2 Å². The van der Waals surface area contributed by atoms with Gasteiger partial charge >= 0.3 is 0 Å². The zero-order chi connectivity index (χ0) is 18.5. The Morgan fingerprint density at radius 2 is 1.85 bits per heavy atom. The number of benzene rings is 2. The summed E-state index contributed by atoms with van der Waals surface area (Å²) in [5, 5.41) is 7.14. The summed E-state index contributed by atoms with van der Waals surface area (Å²) >= 11 is 5.40. The van der Waals surface area contributed by atoms with Crippen molar-refractivity contribution in [2.24, 2.45) is 0 Å². The molecule has 0 fully saturated rings. The van der Waals surface area contributed by atoms with Crippen molar-refractivity contribution in [3.8, 4) is 11.5 Å². The molecule has 0 aromatic heterocycles. The molecule has 0 bridgehead atoms. The first-order valence-corrected chi connectivity index (χ1v) is 9.92. The van der Waals surface area contributed by atoms with E-state index in [2.05, 4.69) is 39.8 Å². The highest BCUT2D eigenvalue weighted by atomic mass is 32.1. The molecule has 0 unspecified atom stereocenters. The smallest absolute Gasteiger partial charge is 0.170 e. The minimum absolute atomic E-state index is 0.583. The standard InChI is InChI=1S/C21H25N3O2S/c27-21(23-18-6-7-19-20(14-18)26-13-12-25-19)22-9-3-10-24-11-8-16-4-1-2-5-17(16)15-24/h1-2,4-7,14H,3,8-13,15H2,(H2,22,23,27). The van der Waals surface area contributed by atoms with Gasteiger partial charge in [0.25, 0.3) is 0 Å². The molecule has 2 heterocycles. The number of nitrogens with one attached hydrogen (secondary N) is 2. The van der Waals surface area contributed by atoms with E-state index in [-0.39, 0.29) is 0 Å². The maximum atomic E-state index is 5.60. The molecule has 0 atom stereocenters. The summed E-state index contributed by atoms with van der Waals surface area (Å²) in [7, 11) is 0. The number of fused-ring (bicyclic) bond motifs is 2. The summed E-state index contributed by atoms with van der Waals surface area (Å²) in [6, 6.07) is 14.5. The maximum Gasteiger partial charge on any atom is 0.170 e. The molecule has 142 valence electrons. The van der Waals surface area contributed by atoms with Gasteiger partial charge in [-0.05, 0) is 48.3 Å². The molecule has 2 aromatic rings. The lowest BCUT2D eigenvalue weighted by Gasteiger charge is -2.28. The van der Waals surface area contributed by atoms with Crippen LogP contribution >= 0.6 is 12.2 Å². The average Bonchev–Trinajstić information content (AvgIpc) is 2.71. The third-order valence-corrected chi connectivity index (χ3v) is 5.19. The van der Waals surface area contributed by atoms with Gasteiger partial charge in [-0.2, -0.15) is 0 Å². The van der Waals surface area contributed by atoms with Crippen LogP contribution < -0.4 is 20.1 Å². The van der Waals surface area contributed by atoms with Crippen LogP contribution in [0.15, 0.2) is 42.5 Å². The first kappa shape index (κ1) is 18.1. The second-order valence-electron chi connectivity index (χ2n) is 6.89.